The normalized spacial score (nSPS) is 31.5. The van der Waals surface area contributed by atoms with Gasteiger partial charge in [-0.2, -0.15) is 0 Å². The Morgan fingerprint density at radius 3 is 2.43 bits per heavy atom. The molecule has 0 bridgehead atoms. The van der Waals surface area contributed by atoms with Crippen LogP contribution in [0.2, 0.25) is 0 Å². The molecule has 2 aliphatic heterocycles. The van der Waals surface area contributed by atoms with Gasteiger partial charge in [0.15, 0.2) is 6.29 Å². The van der Waals surface area contributed by atoms with Crippen molar-refractivity contribution in [2.75, 3.05) is 20.3 Å². The Balaban J connectivity index is 1.57. The van der Waals surface area contributed by atoms with Crippen LogP contribution in [0.25, 0.3) is 0 Å². The van der Waals surface area contributed by atoms with Gasteiger partial charge in [-0.3, -0.25) is 4.79 Å². The molecule has 1 saturated heterocycles. The fourth-order valence-electron chi connectivity index (χ4n) is 4.22. The van der Waals surface area contributed by atoms with Crippen LogP contribution in [0, 0.1) is 11.8 Å². The summed E-state index contributed by atoms with van der Waals surface area (Å²) >= 11 is 0. The first-order valence-electron chi connectivity index (χ1n) is 11.8. The number of benzene rings is 1. The van der Waals surface area contributed by atoms with Crippen molar-refractivity contribution in [3.63, 3.8) is 0 Å². The van der Waals surface area contributed by atoms with Crippen LogP contribution in [0.15, 0.2) is 36.1 Å². The molecule has 1 aromatic carbocycles. The van der Waals surface area contributed by atoms with Crippen LogP contribution in [-0.4, -0.2) is 95.8 Å². The number of aliphatic hydroxyl groups excluding tert-OH is 3. The lowest BCUT2D eigenvalue weighted by molar-refractivity contribution is -0.301. The predicted molar refractivity (Wildman–Crippen MR) is 124 cm³/mol. The number of hydrogen-bond acceptors (Lipinski definition) is 12. The van der Waals surface area contributed by atoms with Crippen LogP contribution in [0.1, 0.15) is 18.9 Å². The van der Waals surface area contributed by atoms with Crippen molar-refractivity contribution in [3.05, 3.63) is 41.7 Å². The number of methoxy groups -OCH3 is 1. The van der Waals surface area contributed by atoms with E-state index in [1.165, 1.54) is 18.4 Å². The van der Waals surface area contributed by atoms with Gasteiger partial charge in [-0.1, -0.05) is 12.1 Å². The summed E-state index contributed by atoms with van der Waals surface area (Å²) in [5, 5.41) is 40.1. The fourth-order valence-corrected chi connectivity index (χ4v) is 4.22. The highest BCUT2D eigenvalue weighted by molar-refractivity contribution is 5.90. The van der Waals surface area contributed by atoms with Gasteiger partial charge in [0.1, 0.15) is 49.2 Å². The fraction of sp³-hybridized carbons (Fsp3) is 0.560. The third kappa shape index (κ3) is 7.05. The summed E-state index contributed by atoms with van der Waals surface area (Å²) in [5.74, 6) is -3.06. The van der Waals surface area contributed by atoms with Gasteiger partial charge in [0.2, 0.25) is 0 Å². The third-order valence-electron chi connectivity index (χ3n) is 6.47. The minimum atomic E-state index is -1.62. The number of carbonyl (C=O) groups excluding carboxylic acids is 3. The van der Waals surface area contributed by atoms with Crippen LogP contribution in [-0.2, 0) is 44.5 Å². The molecule has 4 N–H and O–H groups in total. The molecular weight excluding hydrogens is 492 g/mol. The molecule has 2 heterocycles. The minimum Gasteiger partial charge on any atom is -0.508 e. The van der Waals surface area contributed by atoms with Crippen molar-refractivity contribution >= 4 is 18.2 Å². The van der Waals surface area contributed by atoms with Crippen LogP contribution in [0.4, 0.5) is 0 Å². The molecule has 12 nitrogen and oxygen atoms in total. The van der Waals surface area contributed by atoms with Gasteiger partial charge in [-0.05, 0) is 31.0 Å². The van der Waals surface area contributed by atoms with Crippen LogP contribution in [0.5, 0.6) is 5.75 Å². The van der Waals surface area contributed by atoms with Gasteiger partial charge in [0.05, 0.1) is 37.9 Å². The molecule has 2 aliphatic rings. The van der Waals surface area contributed by atoms with Gasteiger partial charge < -0.3 is 48.9 Å². The van der Waals surface area contributed by atoms with E-state index in [4.69, 9.17) is 23.7 Å². The number of rotatable bonds is 10. The molecule has 0 radical (unpaired) electrons. The van der Waals surface area contributed by atoms with Crippen molar-refractivity contribution in [2.45, 2.75) is 56.6 Å². The summed E-state index contributed by atoms with van der Waals surface area (Å²) in [5.41, 5.74) is 0.870. The van der Waals surface area contributed by atoms with Crippen molar-refractivity contribution in [2.24, 2.45) is 11.8 Å². The zero-order valence-electron chi connectivity index (χ0n) is 20.5. The molecule has 0 aromatic heterocycles. The summed E-state index contributed by atoms with van der Waals surface area (Å²) in [6.45, 7) is 1.24. The summed E-state index contributed by atoms with van der Waals surface area (Å²) in [6, 6.07) is 6.45. The van der Waals surface area contributed by atoms with E-state index in [-0.39, 0.29) is 24.4 Å². The van der Waals surface area contributed by atoms with Gasteiger partial charge in [0, 0.05) is 5.92 Å². The van der Waals surface area contributed by atoms with E-state index in [2.05, 4.69) is 0 Å². The summed E-state index contributed by atoms with van der Waals surface area (Å²) < 4.78 is 26.4. The SMILES string of the molecule is COC(=O)C1=CO[C@@H](C)[C@@H](C=O)[C@@H]1CC(=O)OC[C@H]1O[C@@H](OCCc2ccc(O)cc2)[C@H](O)[C@@H](O)[C@@H]1O. The van der Waals surface area contributed by atoms with E-state index in [0.717, 1.165) is 12.7 Å². The number of aromatic hydroxyl groups is 1. The lowest BCUT2D eigenvalue weighted by atomic mass is 9.80. The van der Waals surface area contributed by atoms with Crippen molar-refractivity contribution in [1.29, 1.82) is 0 Å². The summed E-state index contributed by atoms with van der Waals surface area (Å²) in [6.07, 6.45) is -6.01. The molecule has 0 saturated carbocycles. The maximum atomic E-state index is 12.6. The van der Waals surface area contributed by atoms with Gasteiger partial charge >= 0.3 is 11.9 Å². The van der Waals surface area contributed by atoms with Gasteiger partial charge in [-0.15, -0.1) is 0 Å². The van der Waals surface area contributed by atoms with Crippen LogP contribution in [0.3, 0.4) is 0 Å². The third-order valence-corrected chi connectivity index (χ3v) is 6.47. The first-order chi connectivity index (χ1) is 17.7. The average molecular weight is 525 g/mol. The maximum Gasteiger partial charge on any atom is 0.337 e. The van der Waals surface area contributed by atoms with Crippen molar-refractivity contribution in [3.8, 4) is 5.75 Å². The molecule has 0 amide bonds. The number of carbonyl (C=O) groups is 3. The Morgan fingerprint density at radius 2 is 1.78 bits per heavy atom. The number of esters is 2. The molecule has 12 heteroatoms. The van der Waals surface area contributed by atoms with E-state index in [1.54, 1.807) is 19.1 Å². The first kappa shape index (κ1) is 28.5. The number of ether oxygens (including phenoxy) is 5. The van der Waals surface area contributed by atoms with Crippen LogP contribution < -0.4 is 0 Å². The van der Waals surface area contributed by atoms with Crippen LogP contribution >= 0.6 is 0 Å². The van der Waals surface area contributed by atoms with E-state index in [1.807, 2.05) is 0 Å². The van der Waals surface area contributed by atoms with E-state index in [0.29, 0.717) is 12.7 Å². The first-order valence-corrected chi connectivity index (χ1v) is 11.8. The minimum absolute atomic E-state index is 0.0178. The number of phenols is 1. The maximum absolute atomic E-state index is 12.6. The molecule has 1 aromatic rings. The second kappa shape index (κ2) is 13.0. The van der Waals surface area contributed by atoms with E-state index in [9.17, 15) is 34.8 Å². The molecule has 8 atom stereocenters. The lowest BCUT2D eigenvalue weighted by Crippen LogP contribution is -2.59. The molecule has 204 valence electrons. The highest BCUT2D eigenvalue weighted by Gasteiger charge is 2.45. The zero-order valence-corrected chi connectivity index (χ0v) is 20.5. The van der Waals surface area contributed by atoms with Gasteiger partial charge in [0.25, 0.3) is 0 Å². The topological polar surface area (TPSA) is 178 Å². The van der Waals surface area contributed by atoms with Crippen molar-refractivity contribution < 1.29 is 58.5 Å². The smallest absolute Gasteiger partial charge is 0.337 e. The average Bonchev–Trinajstić information content (AvgIpc) is 2.89. The Morgan fingerprint density at radius 1 is 1.08 bits per heavy atom. The molecule has 0 unspecified atom stereocenters. The predicted octanol–water partition coefficient (Wildman–Crippen LogP) is -0.401. The standard InChI is InChI=1S/C25H32O12/c1-13-17(10-26)16(18(11-35-13)24(32)33-2)9-20(28)36-12-19-21(29)22(30)23(31)25(37-19)34-8-7-14-3-5-15(27)6-4-14/h3-6,10-11,13,16-17,19,21-23,25,27,29-31H,7-9,12H2,1-2H3/t13-,16-,17+,19+,21+,22-,23+,25+/m0/s1. The molecule has 0 spiro atoms. The van der Waals surface area contributed by atoms with Gasteiger partial charge in [-0.25, -0.2) is 4.79 Å². The monoisotopic (exact) mass is 524 g/mol. The Kier molecular flexibility index (Phi) is 10.0. The Hall–Kier alpha value is -3.03. The van der Waals surface area contributed by atoms with Crippen molar-refractivity contribution in [1.82, 2.24) is 0 Å². The lowest BCUT2D eigenvalue weighted by Gasteiger charge is -2.40. The highest BCUT2D eigenvalue weighted by atomic mass is 16.7. The van der Waals surface area contributed by atoms with E-state index < -0.39 is 67.2 Å². The molecule has 3 rings (SSSR count). The molecule has 37 heavy (non-hydrogen) atoms. The number of hydrogen-bond donors (Lipinski definition) is 4. The number of aliphatic hydroxyl groups is 3. The highest BCUT2D eigenvalue weighted by Crippen LogP contribution is 2.33. The van der Waals surface area contributed by atoms with E-state index >= 15 is 0 Å². The summed E-state index contributed by atoms with van der Waals surface area (Å²) in [7, 11) is 1.16. The second-order valence-corrected chi connectivity index (χ2v) is 8.91. The molecule has 1 fully saturated rings. The second-order valence-electron chi connectivity index (χ2n) is 8.91. The number of phenolic OH excluding ortho intramolecular Hbond substituents is 1. The largest absolute Gasteiger partial charge is 0.508 e. The summed E-state index contributed by atoms with van der Waals surface area (Å²) in [4.78, 5) is 36.3. The quantitative estimate of drug-likeness (QED) is 0.230. The molecule has 0 aliphatic carbocycles. The Bertz CT molecular complexity index is 961. The Labute approximate surface area is 213 Å². The zero-order chi connectivity index (χ0) is 27.1. The molecular formula is C25H32O12. The number of aldehydes is 1.